The minimum Gasteiger partial charge on any atom is -0.449 e. The molecule has 0 aliphatic carbocycles. The molecule has 7 heteroatoms. The van der Waals surface area contributed by atoms with Crippen LogP contribution in [0.1, 0.15) is 36.2 Å². The third-order valence-electron chi connectivity index (χ3n) is 6.20. The number of aryl methyl sites for hydroxylation is 3. The third-order valence-corrected chi connectivity index (χ3v) is 6.20. The Labute approximate surface area is 209 Å². The van der Waals surface area contributed by atoms with Crippen LogP contribution >= 0.6 is 0 Å². The number of fused-ring (bicyclic) bond motifs is 1. The molecule has 0 atom stereocenters. The van der Waals surface area contributed by atoms with Gasteiger partial charge in [0.1, 0.15) is 23.5 Å². The number of nitrogens with zero attached hydrogens (tertiary/aromatic N) is 3. The van der Waals surface area contributed by atoms with Gasteiger partial charge in [0.05, 0.1) is 11.0 Å². The lowest BCUT2D eigenvalue weighted by Crippen LogP contribution is -2.05. The first kappa shape index (κ1) is 23.4. The molecule has 3 aromatic carbocycles. The monoisotopic (exact) mass is 481 g/mol. The molecule has 5 aromatic rings. The van der Waals surface area contributed by atoms with Crippen LogP contribution in [0.4, 0.5) is 4.79 Å². The van der Waals surface area contributed by atoms with E-state index in [4.69, 9.17) is 19.2 Å². The Kier molecular flexibility index (Phi) is 6.29. The van der Waals surface area contributed by atoms with Gasteiger partial charge >= 0.3 is 6.16 Å². The molecule has 0 saturated carbocycles. The number of rotatable bonds is 7. The maximum absolute atomic E-state index is 11.1. The molecule has 7 nitrogen and oxygen atoms in total. The summed E-state index contributed by atoms with van der Waals surface area (Å²) >= 11 is 0. The number of para-hydroxylation sites is 1. The molecule has 0 aliphatic heterocycles. The van der Waals surface area contributed by atoms with Gasteiger partial charge < -0.3 is 18.8 Å². The van der Waals surface area contributed by atoms with Crippen molar-refractivity contribution in [1.29, 1.82) is 0 Å². The van der Waals surface area contributed by atoms with Crippen molar-refractivity contribution in [3.05, 3.63) is 89.8 Å². The second kappa shape index (κ2) is 9.70. The van der Waals surface area contributed by atoms with Crippen LogP contribution in [0.5, 0.6) is 5.75 Å². The molecule has 182 valence electrons. The van der Waals surface area contributed by atoms with Crippen molar-refractivity contribution in [1.82, 2.24) is 14.5 Å². The fraction of sp³-hybridized carbons (Fsp3) is 0.207. The van der Waals surface area contributed by atoms with Gasteiger partial charge in [0.2, 0.25) is 0 Å². The Morgan fingerprint density at radius 3 is 2.50 bits per heavy atom. The molecule has 0 fully saturated rings. The standard InChI is InChI=1S/C29H27N3O4/c1-4-7-27-31-28-18(2)14-22(24-17-35-19(3)30-24)15-25(28)32(27)16-20-10-12-21(13-11-20)23-8-5-6-9-26(23)36-29(33)34/h5-6,8-15,17H,4,7,16H2,1-3H3,(H,33,34). The summed E-state index contributed by atoms with van der Waals surface area (Å²) in [5.74, 6) is 2.00. The average molecular weight is 482 g/mol. The fourth-order valence-corrected chi connectivity index (χ4v) is 4.54. The number of carboxylic acid groups (broad SMARTS) is 1. The summed E-state index contributed by atoms with van der Waals surface area (Å²) in [7, 11) is 0. The molecule has 0 amide bonds. The largest absolute Gasteiger partial charge is 0.511 e. The molecule has 5 rings (SSSR count). The molecule has 0 bridgehead atoms. The summed E-state index contributed by atoms with van der Waals surface area (Å²) in [5.41, 5.74) is 7.73. The van der Waals surface area contributed by atoms with E-state index < -0.39 is 6.16 Å². The Hall–Kier alpha value is -4.39. The number of imidazole rings is 1. The number of hydrogen-bond donors (Lipinski definition) is 1. The summed E-state index contributed by atoms with van der Waals surface area (Å²) in [6, 6.07) is 19.5. The third kappa shape index (κ3) is 4.60. The number of hydrogen-bond acceptors (Lipinski definition) is 5. The molecule has 0 radical (unpaired) electrons. The van der Waals surface area contributed by atoms with Crippen LogP contribution in [-0.4, -0.2) is 25.8 Å². The van der Waals surface area contributed by atoms with Crippen LogP contribution in [-0.2, 0) is 13.0 Å². The summed E-state index contributed by atoms with van der Waals surface area (Å²) in [5, 5.41) is 9.06. The Morgan fingerprint density at radius 2 is 1.81 bits per heavy atom. The number of oxazole rings is 1. The molecule has 0 unspecified atom stereocenters. The van der Waals surface area contributed by atoms with E-state index in [1.165, 1.54) is 0 Å². The molecule has 1 N–H and O–H groups in total. The summed E-state index contributed by atoms with van der Waals surface area (Å²) in [6.07, 6.45) is 2.24. The lowest BCUT2D eigenvalue weighted by molar-refractivity contribution is 0.144. The van der Waals surface area contributed by atoms with Gasteiger partial charge in [0.25, 0.3) is 0 Å². The number of aromatic nitrogens is 3. The first-order valence-electron chi connectivity index (χ1n) is 11.9. The number of carbonyl (C=O) groups is 1. The maximum atomic E-state index is 11.1. The van der Waals surface area contributed by atoms with E-state index in [9.17, 15) is 4.79 Å². The fourth-order valence-electron chi connectivity index (χ4n) is 4.54. The Balaban J connectivity index is 1.52. The van der Waals surface area contributed by atoms with Gasteiger partial charge in [-0.3, -0.25) is 0 Å². The van der Waals surface area contributed by atoms with E-state index >= 15 is 0 Å². The van der Waals surface area contributed by atoms with Crippen molar-refractivity contribution in [2.24, 2.45) is 0 Å². The van der Waals surface area contributed by atoms with Gasteiger partial charge in [-0.25, -0.2) is 14.8 Å². The smallest absolute Gasteiger partial charge is 0.449 e. The van der Waals surface area contributed by atoms with Crippen LogP contribution in [0.2, 0.25) is 0 Å². The van der Waals surface area contributed by atoms with E-state index in [0.29, 0.717) is 18.2 Å². The van der Waals surface area contributed by atoms with Gasteiger partial charge in [-0.15, -0.1) is 0 Å². The minimum atomic E-state index is -1.33. The summed E-state index contributed by atoms with van der Waals surface area (Å²) < 4.78 is 12.7. The highest BCUT2D eigenvalue weighted by Crippen LogP contribution is 2.32. The highest BCUT2D eigenvalue weighted by molar-refractivity contribution is 5.85. The van der Waals surface area contributed by atoms with Crippen molar-refractivity contribution >= 4 is 17.2 Å². The van der Waals surface area contributed by atoms with Crippen LogP contribution in [0.15, 0.2) is 71.3 Å². The molecule has 0 aliphatic rings. The Bertz CT molecular complexity index is 1550. The van der Waals surface area contributed by atoms with Crippen LogP contribution < -0.4 is 4.74 Å². The van der Waals surface area contributed by atoms with E-state index in [0.717, 1.165) is 63.2 Å². The summed E-state index contributed by atoms with van der Waals surface area (Å²) in [4.78, 5) is 20.6. The SMILES string of the molecule is CCCc1nc2c(C)cc(-c3coc(C)n3)cc2n1Cc1ccc(-c2ccccc2OC(=O)O)cc1. The first-order valence-corrected chi connectivity index (χ1v) is 11.9. The topological polar surface area (TPSA) is 90.4 Å². The zero-order valence-electron chi connectivity index (χ0n) is 20.5. The molecule has 2 heterocycles. The Morgan fingerprint density at radius 1 is 1.03 bits per heavy atom. The molecule has 2 aromatic heterocycles. The maximum Gasteiger partial charge on any atom is 0.511 e. The zero-order valence-corrected chi connectivity index (χ0v) is 20.5. The zero-order chi connectivity index (χ0) is 25.2. The number of ether oxygens (including phenoxy) is 1. The predicted octanol–water partition coefficient (Wildman–Crippen LogP) is 7.03. The van der Waals surface area contributed by atoms with Gasteiger partial charge in [0.15, 0.2) is 5.89 Å². The quantitative estimate of drug-likeness (QED) is 0.198. The van der Waals surface area contributed by atoms with E-state index in [-0.39, 0.29) is 0 Å². The van der Waals surface area contributed by atoms with Crippen LogP contribution in [0.25, 0.3) is 33.4 Å². The molecular weight excluding hydrogens is 454 g/mol. The molecular formula is C29H27N3O4. The van der Waals surface area contributed by atoms with Gasteiger partial charge in [-0.05, 0) is 48.2 Å². The normalized spacial score (nSPS) is 11.2. The van der Waals surface area contributed by atoms with Gasteiger partial charge in [0, 0.05) is 31.0 Å². The lowest BCUT2D eigenvalue weighted by Gasteiger charge is -2.12. The van der Waals surface area contributed by atoms with Crippen LogP contribution in [0.3, 0.4) is 0 Å². The minimum absolute atomic E-state index is 0.315. The summed E-state index contributed by atoms with van der Waals surface area (Å²) in [6.45, 7) is 6.75. The van der Waals surface area contributed by atoms with Crippen molar-refractivity contribution in [3.63, 3.8) is 0 Å². The van der Waals surface area contributed by atoms with Crippen molar-refractivity contribution in [3.8, 4) is 28.1 Å². The van der Waals surface area contributed by atoms with E-state index in [2.05, 4.69) is 47.7 Å². The van der Waals surface area contributed by atoms with Crippen molar-refractivity contribution in [2.75, 3.05) is 0 Å². The van der Waals surface area contributed by atoms with Crippen molar-refractivity contribution in [2.45, 2.75) is 40.2 Å². The second-order valence-electron chi connectivity index (χ2n) is 8.84. The lowest BCUT2D eigenvalue weighted by atomic mass is 10.0. The first-order chi connectivity index (χ1) is 17.4. The second-order valence-corrected chi connectivity index (χ2v) is 8.84. The van der Waals surface area contributed by atoms with Gasteiger partial charge in [-0.2, -0.15) is 0 Å². The highest BCUT2D eigenvalue weighted by atomic mass is 16.7. The van der Waals surface area contributed by atoms with Gasteiger partial charge in [-0.1, -0.05) is 49.4 Å². The number of benzene rings is 3. The van der Waals surface area contributed by atoms with Crippen LogP contribution in [0, 0.1) is 13.8 Å². The average Bonchev–Trinajstić information content (AvgIpc) is 3.44. The van der Waals surface area contributed by atoms with E-state index in [1.54, 1.807) is 18.4 Å². The predicted molar refractivity (Wildman–Crippen MR) is 138 cm³/mol. The highest BCUT2D eigenvalue weighted by Gasteiger charge is 2.16. The van der Waals surface area contributed by atoms with Crippen molar-refractivity contribution < 1.29 is 19.1 Å². The molecule has 36 heavy (non-hydrogen) atoms. The van der Waals surface area contributed by atoms with E-state index in [1.807, 2.05) is 31.2 Å². The molecule has 0 saturated heterocycles. The molecule has 0 spiro atoms.